The van der Waals surface area contributed by atoms with E-state index >= 15 is 0 Å². The molecule has 0 atom stereocenters. The first-order valence-corrected chi connectivity index (χ1v) is 7.54. The van der Waals surface area contributed by atoms with Crippen molar-refractivity contribution in [1.82, 2.24) is 0 Å². The molecule has 110 valence electrons. The number of hydrogen-bond donors (Lipinski definition) is 2. The summed E-state index contributed by atoms with van der Waals surface area (Å²) < 4.78 is 0.877. The third-order valence-corrected chi connectivity index (χ3v) is 4.30. The van der Waals surface area contributed by atoms with E-state index in [1.807, 2.05) is 48.5 Å². The largest absolute Gasteiger partial charge is 0.477 e. The molecule has 0 saturated carbocycles. The molecule has 0 fully saturated rings. The number of nitrogens with one attached hydrogen (secondary N) is 1. The number of carboxylic acids is 1. The monoisotopic (exact) mass is 311 g/mol. The SMILES string of the molecule is O=C(Cc1ccc2cc(C(=O)O)sc2c1)Nc1ccccc1. The van der Waals surface area contributed by atoms with Crippen molar-refractivity contribution in [2.24, 2.45) is 0 Å². The minimum atomic E-state index is -0.926. The lowest BCUT2D eigenvalue weighted by molar-refractivity contribution is -0.115. The Morgan fingerprint density at radius 3 is 2.55 bits per heavy atom. The number of para-hydroxylation sites is 1. The second kappa shape index (κ2) is 5.99. The van der Waals surface area contributed by atoms with Crippen molar-refractivity contribution in [1.29, 1.82) is 0 Å². The van der Waals surface area contributed by atoms with Crippen LogP contribution in [0.4, 0.5) is 5.69 Å². The van der Waals surface area contributed by atoms with E-state index < -0.39 is 5.97 Å². The van der Waals surface area contributed by atoms with Crippen molar-refractivity contribution in [2.45, 2.75) is 6.42 Å². The molecule has 3 rings (SSSR count). The molecule has 0 spiro atoms. The molecule has 1 aromatic heterocycles. The molecule has 0 bridgehead atoms. The van der Waals surface area contributed by atoms with Gasteiger partial charge in [-0.25, -0.2) is 4.79 Å². The average molecular weight is 311 g/mol. The molecule has 2 N–H and O–H groups in total. The standard InChI is InChI=1S/C17H13NO3S/c19-16(18-13-4-2-1-3-5-13)9-11-6-7-12-10-15(17(20)21)22-14(12)8-11/h1-8,10H,9H2,(H,18,19)(H,20,21). The Hall–Kier alpha value is -2.66. The van der Waals surface area contributed by atoms with Crippen molar-refractivity contribution >= 4 is 39.0 Å². The van der Waals surface area contributed by atoms with Gasteiger partial charge in [0, 0.05) is 10.4 Å². The second-order valence-corrected chi connectivity index (χ2v) is 5.96. The highest BCUT2D eigenvalue weighted by molar-refractivity contribution is 7.20. The lowest BCUT2D eigenvalue weighted by atomic mass is 10.1. The molecule has 4 nitrogen and oxygen atoms in total. The summed E-state index contributed by atoms with van der Waals surface area (Å²) in [5.74, 6) is -1.02. The predicted molar refractivity (Wildman–Crippen MR) is 87.6 cm³/mol. The van der Waals surface area contributed by atoms with Crippen molar-refractivity contribution in [3.8, 4) is 0 Å². The van der Waals surface area contributed by atoms with Crippen LogP contribution >= 0.6 is 11.3 Å². The molecule has 0 aliphatic carbocycles. The zero-order valence-electron chi connectivity index (χ0n) is 11.6. The van der Waals surface area contributed by atoms with Gasteiger partial charge in [0.2, 0.25) is 5.91 Å². The van der Waals surface area contributed by atoms with Crippen LogP contribution in [0.3, 0.4) is 0 Å². The lowest BCUT2D eigenvalue weighted by Gasteiger charge is -2.05. The molecule has 0 saturated heterocycles. The molecule has 2 aromatic carbocycles. The van der Waals surface area contributed by atoms with Gasteiger partial charge < -0.3 is 10.4 Å². The van der Waals surface area contributed by atoms with Crippen LogP contribution in [0.1, 0.15) is 15.2 Å². The van der Waals surface area contributed by atoms with Gasteiger partial charge in [0.15, 0.2) is 0 Å². The molecular weight excluding hydrogens is 298 g/mol. The Balaban J connectivity index is 1.76. The highest BCUT2D eigenvalue weighted by Crippen LogP contribution is 2.27. The number of carboxylic acid groups (broad SMARTS) is 1. The Bertz CT molecular complexity index is 839. The number of anilines is 1. The van der Waals surface area contributed by atoms with Crippen molar-refractivity contribution in [3.63, 3.8) is 0 Å². The number of hydrogen-bond acceptors (Lipinski definition) is 3. The minimum Gasteiger partial charge on any atom is -0.477 e. The number of rotatable bonds is 4. The summed E-state index contributed by atoms with van der Waals surface area (Å²) in [6, 6.07) is 16.5. The normalized spacial score (nSPS) is 10.5. The third kappa shape index (κ3) is 3.15. The predicted octanol–water partition coefficient (Wildman–Crippen LogP) is 3.78. The van der Waals surface area contributed by atoms with Crippen molar-refractivity contribution in [3.05, 3.63) is 65.0 Å². The quantitative estimate of drug-likeness (QED) is 0.770. The third-order valence-electron chi connectivity index (χ3n) is 3.22. The number of amides is 1. The topological polar surface area (TPSA) is 66.4 Å². The summed E-state index contributed by atoms with van der Waals surface area (Å²) in [5, 5.41) is 12.7. The summed E-state index contributed by atoms with van der Waals surface area (Å²) in [5.41, 5.74) is 1.62. The van der Waals surface area contributed by atoms with Crippen LogP contribution in [0.15, 0.2) is 54.6 Å². The molecule has 0 aliphatic heterocycles. The number of benzene rings is 2. The highest BCUT2D eigenvalue weighted by Gasteiger charge is 2.10. The van der Waals surface area contributed by atoms with Gasteiger partial charge in [-0.2, -0.15) is 0 Å². The number of thiophene rings is 1. The maximum atomic E-state index is 12.0. The van der Waals surface area contributed by atoms with E-state index in [-0.39, 0.29) is 12.3 Å². The van der Waals surface area contributed by atoms with Gasteiger partial charge in [0.05, 0.1) is 6.42 Å². The summed E-state index contributed by atoms with van der Waals surface area (Å²) in [6.07, 6.45) is 0.255. The summed E-state index contributed by atoms with van der Waals surface area (Å²) in [6.45, 7) is 0. The van der Waals surface area contributed by atoms with Crippen LogP contribution in [0, 0.1) is 0 Å². The number of aromatic carboxylic acids is 1. The van der Waals surface area contributed by atoms with Gasteiger partial charge in [-0.05, 0) is 35.2 Å². The number of fused-ring (bicyclic) bond motifs is 1. The number of carbonyl (C=O) groups excluding carboxylic acids is 1. The molecule has 0 aliphatic rings. The Morgan fingerprint density at radius 2 is 1.82 bits per heavy atom. The summed E-state index contributed by atoms with van der Waals surface area (Å²) in [7, 11) is 0. The Kier molecular flexibility index (Phi) is 3.89. The maximum Gasteiger partial charge on any atom is 0.345 e. The van der Waals surface area contributed by atoms with Gasteiger partial charge in [-0.15, -0.1) is 11.3 Å². The summed E-state index contributed by atoms with van der Waals surface area (Å²) in [4.78, 5) is 23.3. The van der Waals surface area contributed by atoms with Crippen LogP contribution in [0.2, 0.25) is 0 Å². The van der Waals surface area contributed by atoms with Crippen LogP contribution < -0.4 is 5.32 Å². The fourth-order valence-corrected chi connectivity index (χ4v) is 3.17. The van der Waals surface area contributed by atoms with Crippen molar-refractivity contribution in [2.75, 3.05) is 5.32 Å². The second-order valence-electron chi connectivity index (χ2n) is 4.88. The van der Waals surface area contributed by atoms with Gasteiger partial charge in [-0.1, -0.05) is 30.3 Å². The van der Waals surface area contributed by atoms with E-state index in [0.717, 1.165) is 21.3 Å². The molecular formula is C17H13NO3S. The van der Waals surface area contributed by atoms with E-state index in [4.69, 9.17) is 5.11 Å². The van der Waals surface area contributed by atoms with Gasteiger partial charge >= 0.3 is 5.97 Å². The first-order valence-electron chi connectivity index (χ1n) is 6.72. The van der Waals surface area contributed by atoms with E-state index in [2.05, 4.69) is 5.32 Å². The van der Waals surface area contributed by atoms with E-state index in [1.54, 1.807) is 6.07 Å². The first kappa shape index (κ1) is 14.3. The molecule has 3 aromatic rings. The first-order chi connectivity index (χ1) is 10.6. The Labute approximate surface area is 131 Å². The van der Waals surface area contributed by atoms with E-state index in [1.165, 1.54) is 11.3 Å². The maximum absolute atomic E-state index is 12.0. The molecule has 5 heteroatoms. The molecule has 1 amide bonds. The van der Waals surface area contributed by atoms with Crippen LogP contribution in [0.25, 0.3) is 10.1 Å². The minimum absolute atomic E-state index is 0.0967. The smallest absolute Gasteiger partial charge is 0.345 e. The van der Waals surface area contributed by atoms with Crippen molar-refractivity contribution < 1.29 is 14.7 Å². The zero-order valence-corrected chi connectivity index (χ0v) is 12.4. The van der Waals surface area contributed by atoms with E-state index in [0.29, 0.717) is 4.88 Å². The molecule has 22 heavy (non-hydrogen) atoms. The Morgan fingerprint density at radius 1 is 1.05 bits per heavy atom. The number of carbonyl (C=O) groups is 2. The van der Waals surface area contributed by atoms with Gasteiger partial charge in [-0.3, -0.25) is 4.79 Å². The van der Waals surface area contributed by atoms with Crippen LogP contribution in [-0.2, 0) is 11.2 Å². The highest BCUT2D eigenvalue weighted by atomic mass is 32.1. The van der Waals surface area contributed by atoms with Crippen LogP contribution in [-0.4, -0.2) is 17.0 Å². The molecule has 1 heterocycles. The fraction of sp³-hybridized carbons (Fsp3) is 0.0588. The fourth-order valence-electron chi connectivity index (χ4n) is 2.20. The van der Waals surface area contributed by atoms with E-state index in [9.17, 15) is 9.59 Å². The average Bonchev–Trinajstić information content (AvgIpc) is 2.91. The molecule has 0 unspecified atom stereocenters. The van der Waals surface area contributed by atoms with Gasteiger partial charge in [0.1, 0.15) is 4.88 Å². The zero-order chi connectivity index (χ0) is 15.5. The van der Waals surface area contributed by atoms with Crippen LogP contribution in [0.5, 0.6) is 0 Å². The summed E-state index contributed by atoms with van der Waals surface area (Å²) >= 11 is 1.22. The molecule has 0 radical (unpaired) electrons. The van der Waals surface area contributed by atoms with Gasteiger partial charge in [0.25, 0.3) is 0 Å². The lowest BCUT2D eigenvalue weighted by Crippen LogP contribution is -2.14.